The van der Waals surface area contributed by atoms with Crippen LogP contribution in [0.25, 0.3) is 0 Å². The van der Waals surface area contributed by atoms with Gasteiger partial charge in [0.25, 0.3) is 5.56 Å². The van der Waals surface area contributed by atoms with Crippen LogP contribution in [0, 0.1) is 20.8 Å². The van der Waals surface area contributed by atoms with Gasteiger partial charge in [0.15, 0.2) is 0 Å². The molecule has 0 spiro atoms. The molecule has 6 nitrogen and oxygen atoms in total. The van der Waals surface area contributed by atoms with Crippen LogP contribution in [0.15, 0.2) is 59.4 Å². The first kappa shape index (κ1) is 18.4. The Morgan fingerprint density at radius 2 is 1.70 bits per heavy atom. The maximum atomic E-state index is 12.5. The number of para-hydroxylation sites is 1. The molecule has 6 heteroatoms. The molecule has 0 radical (unpaired) electrons. The second-order valence-corrected chi connectivity index (χ2v) is 6.48. The van der Waals surface area contributed by atoms with E-state index in [-0.39, 0.29) is 18.0 Å². The van der Waals surface area contributed by atoms with Gasteiger partial charge in [0.05, 0.1) is 0 Å². The lowest BCUT2D eigenvalue weighted by Gasteiger charge is -2.15. The van der Waals surface area contributed by atoms with Crippen molar-refractivity contribution in [3.63, 3.8) is 0 Å². The van der Waals surface area contributed by atoms with Crippen molar-refractivity contribution < 1.29 is 4.79 Å². The number of benzene rings is 2. The Hall–Kier alpha value is -3.41. The van der Waals surface area contributed by atoms with Crippen molar-refractivity contribution in [2.75, 3.05) is 10.6 Å². The number of nitrogens with zero attached hydrogens (tertiary/aromatic N) is 2. The number of aromatic nitrogens is 2. The van der Waals surface area contributed by atoms with E-state index in [0.717, 1.165) is 11.3 Å². The number of amides is 1. The Morgan fingerprint density at radius 3 is 2.41 bits per heavy atom. The summed E-state index contributed by atoms with van der Waals surface area (Å²) in [5.41, 5.74) is 4.11. The van der Waals surface area contributed by atoms with E-state index in [1.54, 1.807) is 19.1 Å². The summed E-state index contributed by atoms with van der Waals surface area (Å²) in [6.45, 7) is 5.67. The fourth-order valence-corrected chi connectivity index (χ4v) is 2.68. The molecule has 0 fully saturated rings. The van der Waals surface area contributed by atoms with Crippen LogP contribution in [0.4, 0.5) is 17.3 Å². The molecule has 1 aromatic heterocycles. The van der Waals surface area contributed by atoms with Gasteiger partial charge < -0.3 is 10.6 Å². The minimum Gasteiger partial charge on any atom is -0.326 e. The summed E-state index contributed by atoms with van der Waals surface area (Å²) >= 11 is 0. The van der Waals surface area contributed by atoms with Crippen LogP contribution in [0.5, 0.6) is 0 Å². The predicted molar refractivity (Wildman–Crippen MR) is 108 cm³/mol. The van der Waals surface area contributed by atoms with E-state index < -0.39 is 0 Å². The molecule has 0 aliphatic rings. The van der Waals surface area contributed by atoms with Gasteiger partial charge in [-0.2, -0.15) is 0 Å². The van der Waals surface area contributed by atoms with Gasteiger partial charge in [-0.05, 0) is 56.2 Å². The molecule has 1 amide bonds. The Labute approximate surface area is 157 Å². The Balaban J connectivity index is 1.87. The number of hydrogen-bond donors (Lipinski definition) is 2. The third kappa shape index (κ3) is 4.61. The van der Waals surface area contributed by atoms with Crippen LogP contribution in [0.2, 0.25) is 0 Å². The largest absolute Gasteiger partial charge is 0.326 e. The van der Waals surface area contributed by atoms with Crippen molar-refractivity contribution in [2.45, 2.75) is 27.3 Å². The molecule has 0 unspecified atom stereocenters. The standard InChI is InChI=1S/C21H22N4O2/c1-14-9-10-18(11-15(14)2)24-21-22-16(3)12-20(27)25(21)13-19(26)23-17-7-5-4-6-8-17/h4-12H,13H2,1-3H3,(H,22,24)(H,23,26). The van der Waals surface area contributed by atoms with Crippen molar-refractivity contribution in [1.82, 2.24) is 9.55 Å². The van der Waals surface area contributed by atoms with Gasteiger partial charge in [0.1, 0.15) is 6.54 Å². The molecule has 1 heterocycles. The number of carbonyl (C=O) groups is 1. The molecule has 0 saturated heterocycles. The van der Waals surface area contributed by atoms with Crippen molar-refractivity contribution in [3.8, 4) is 0 Å². The fourth-order valence-electron chi connectivity index (χ4n) is 2.68. The zero-order valence-corrected chi connectivity index (χ0v) is 15.6. The minimum absolute atomic E-state index is 0.131. The third-order valence-corrected chi connectivity index (χ3v) is 4.26. The Kier molecular flexibility index (Phi) is 5.35. The molecule has 0 aliphatic carbocycles. The minimum atomic E-state index is -0.294. The first-order valence-electron chi connectivity index (χ1n) is 8.70. The molecule has 138 valence electrons. The lowest BCUT2D eigenvalue weighted by Crippen LogP contribution is -2.30. The second-order valence-electron chi connectivity index (χ2n) is 6.48. The number of carbonyl (C=O) groups excluding carboxylic acids is 1. The average molecular weight is 362 g/mol. The van der Waals surface area contributed by atoms with Crippen molar-refractivity contribution in [2.24, 2.45) is 0 Å². The zero-order valence-electron chi connectivity index (χ0n) is 15.6. The highest BCUT2D eigenvalue weighted by Crippen LogP contribution is 2.18. The third-order valence-electron chi connectivity index (χ3n) is 4.26. The van der Waals surface area contributed by atoms with E-state index in [2.05, 4.69) is 15.6 Å². The van der Waals surface area contributed by atoms with Crippen LogP contribution >= 0.6 is 0 Å². The lowest BCUT2D eigenvalue weighted by atomic mass is 10.1. The van der Waals surface area contributed by atoms with Gasteiger partial charge in [0, 0.05) is 23.1 Å². The van der Waals surface area contributed by atoms with Gasteiger partial charge >= 0.3 is 0 Å². The predicted octanol–water partition coefficient (Wildman–Crippen LogP) is 3.55. The summed E-state index contributed by atoms with van der Waals surface area (Å²) in [5, 5.41) is 5.95. The highest BCUT2D eigenvalue weighted by atomic mass is 16.2. The molecule has 2 aromatic carbocycles. The van der Waals surface area contributed by atoms with Gasteiger partial charge in [-0.25, -0.2) is 4.98 Å². The highest BCUT2D eigenvalue weighted by molar-refractivity contribution is 5.90. The monoisotopic (exact) mass is 362 g/mol. The molecular formula is C21H22N4O2. The number of nitrogens with one attached hydrogen (secondary N) is 2. The fraction of sp³-hybridized carbons (Fsp3) is 0.190. The van der Waals surface area contributed by atoms with E-state index in [1.807, 2.05) is 50.2 Å². The van der Waals surface area contributed by atoms with Gasteiger partial charge in [-0.1, -0.05) is 24.3 Å². The molecular weight excluding hydrogens is 340 g/mol. The zero-order chi connectivity index (χ0) is 19.4. The maximum Gasteiger partial charge on any atom is 0.255 e. The smallest absolute Gasteiger partial charge is 0.255 e. The lowest BCUT2D eigenvalue weighted by molar-refractivity contribution is -0.116. The molecule has 27 heavy (non-hydrogen) atoms. The summed E-state index contributed by atoms with van der Waals surface area (Å²) in [6.07, 6.45) is 0. The summed E-state index contributed by atoms with van der Waals surface area (Å²) in [6, 6.07) is 16.5. The van der Waals surface area contributed by atoms with Crippen molar-refractivity contribution in [1.29, 1.82) is 0 Å². The molecule has 0 bridgehead atoms. The second kappa shape index (κ2) is 7.86. The van der Waals surface area contributed by atoms with E-state index in [1.165, 1.54) is 16.2 Å². The molecule has 3 aromatic rings. The quantitative estimate of drug-likeness (QED) is 0.728. The number of anilines is 3. The summed E-state index contributed by atoms with van der Waals surface area (Å²) in [4.78, 5) is 29.3. The molecule has 0 aliphatic heterocycles. The van der Waals surface area contributed by atoms with Gasteiger partial charge in [-0.15, -0.1) is 0 Å². The Morgan fingerprint density at radius 1 is 0.963 bits per heavy atom. The van der Waals surface area contributed by atoms with Crippen LogP contribution in [0.3, 0.4) is 0 Å². The average Bonchev–Trinajstić information content (AvgIpc) is 2.62. The van der Waals surface area contributed by atoms with E-state index in [9.17, 15) is 9.59 Å². The van der Waals surface area contributed by atoms with Gasteiger partial charge in [0.2, 0.25) is 11.9 Å². The van der Waals surface area contributed by atoms with Crippen molar-refractivity contribution >= 4 is 23.2 Å². The highest BCUT2D eigenvalue weighted by Gasteiger charge is 2.12. The van der Waals surface area contributed by atoms with Gasteiger partial charge in [-0.3, -0.25) is 14.2 Å². The van der Waals surface area contributed by atoms with Crippen LogP contribution in [0.1, 0.15) is 16.8 Å². The topological polar surface area (TPSA) is 76.0 Å². The maximum absolute atomic E-state index is 12.5. The molecule has 3 rings (SSSR count). The van der Waals surface area contributed by atoms with E-state index >= 15 is 0 Å². The SMILES string of the molecule is Cc1cc(=O)n(CC(=O)Nc2ccccc2)c(Nc2ccc(C)c(C)c2)n1. The molecule has 2 N–H and O–H groups in total. The van der Waals surface area contributed by atoms with E-state index in [4.69, 9.17) is 0 Å². The first-order chi connectivity index (χ1) is 12.9. The molecule has 0 atom stereocenters. The Bertz CT molecular complexity index is 1030. The number of rotatable bonds is 5. The van der Waals surface area contributed by atoms with Crippen LogP contribution in [-0.2, 0) is 11.3 Å². The summed E-state index contributed by atoms with van der Waals surface area (Å²) in [7, 11) is 0. The summed E-state index contributed by atoms with van der Waals surface area (Å²) < 4.78 is 1.33. The van der Waals surface area contributed by atoms with Crippen LogP contribution in [-0.4, -0.2) is 15.5 Å². The van der Waals surface area contributed by atoms with E-state index in [0.29, 0.717) is 17.3 Å². The number of hydrogen-bond acceptors (Lipinski definition) is 4. The molecule has 0 saturated carbocycles. The number of aryl methyl sites for hydroxylation is 3. The normalized spacial score (nSPS) is 10.5. The van der Waals surface area contributed by atoms with Crippen molar-refractivity contribution in [3.05, 3.63) is 81.8 Å². The summed E-state index contributed by atoms with van der Waals surface area (Å²) in [5.74, 6) is 0.0450. The first-order valence-corrected chi connectivity index (χ1v) is 8.70. The van der Waals surface area contributed by atoms with Crippen LogP contribution < -0.4 is 16.2 Å².